The summed E-state index contributed by atoms with van der Waals surface area (Å²) in [5.41, 5.74) is 2.23. The third-order valence-corrected chi connectivity index (χ3v) is 6.79. The van der Waals surface area contributed by atoms with Crippen molar-refractivity contribution >= 4 is 48.7 Å². The summed E-state index contributed by atoms with van der Waals surface area (Å²) in [5, 5.41) is 14.2. The molecule has 29 heavy (non-hydrogen) atoms. The van der Waals surface area contributed by atoms with Gasteiger partial charge in [-0.25, -0.2) is 18.5 Å². The molecule has 0 aliphatic rings. The maximum absolute atomic E-state index is 11.6. The quantitative estimate of drug-likeness (QED) is 0.405. The van der Waals surface area contributed by atoms with Gasteiger partial charge in [-0.1, -0.05) is 23.9 Å². The van der Waals surface area contributed by atoms with E-state index in [1.54, 1.807) is 6.07 Å². The second kappa shape index (κ2) is 7.90. The summed E-state index contributed by atoms with van der Waals surface area (Å²) >= 11 is 4.92. The Morgan fingerprint density at radius 1 is 1.21 bits per heavy atom. The summed E-state index contributed by atoms with van der Waals surface area (Å²) in [5.74, 6) is 1.35. The summed E-state index contributed by atoms with van der Waals surface area (Å²) in [7, 11) is -3.78. The zero-order chi connectivity index (χ0) is 20.6. The van der Waals surface area contributed by atoms with Crippen LogP contribution in [0.4, 0.5) is 0 Å². The van der Waals surface area contributed by atoms with Crippen molar-refractivity contribution in [2.45, 2.75) is 29.3 Å². The van der Waals surface area contributed by atoms with Gasteiger partial charge in [0.1, 0.15) is 0 Å². The van der Waals surface area contributed by atoms with Crippen LogP contribution in [0.3, 0.4) is 0 Å². The zero-order valence-electron chi connectivity index (χ0n) is 15.2. The number of fused-ring (bicyclic) bond motifs is 1. The van der Waals surface area contributed by atoms with Gasteiger partial charge in [-0.2, -0.15) is 0 Å². The van der Waals surface area contributed by atoms with Crippen LogP contribution in [0.15, 0.2) is 61.4 Å². The van der Waals surface area contributed by atoms with Crippen molar-refractivity contribution in [2.24, 2.45) is 5.14 Å². The molecule has 0 atom stereocenters. The van der Waals surface area contributed by atoms with Crippen LogP contribution in [0.1, 0.15) is 12.8 Å². The van der Waals surface area contributed by atoms with Crippen molar-refractivity contribution in [3.63, 3.8) is 0 Å². The largest absolute Gasteiger partial charge is 0.420 e. The van der Waals surface area contributed by atoms with Gasteiger partial charge in [0.15, 0.2) is 5.16 Å². The first kappa shape index (κ1) is 20.1. The molecule has 8 nitrogen and oxygen atoms in total. The summed E-state index contributed by atoms with van der Waals surface area (Å²) in [6.07, 6.45) is 0. The number of hydrogen-bond acceptors (Lipinski definition) is 7. The number of nitrogens with two attached hydrogens (primary N) is 1. The number of sulfonamides is 1. The van der Waals surface area contributed by atoms with Gasteiger partial charge in [-0.05, 0) is 53.2 Å². The number of rotatable bonds is 6. The fraction of sp³-hybridized carbons (Fsp3) is 0.167. The highest BCUT2D eigenvalue weighted by Gasteiger charge is 2.16. The van der Waals surface area contributed by atoms with Crippen molar-refractivity contribution in [2.75, 3.05) is 0 Å². The van der Waals surface area contributed by atoms with Crippen molar-refractivity contribution in [1.29, 1.82) is 0 Å². The van der Waals surface area contributed by atoms with E-state index in [1.165, 1.54) is 23.9 Å². The minimum absolute atomic E-state index is 0.0392. The molecule has 4 rings (SSSR count). The Bertz CT molecular complexity index is 1300. The molecule has 0 aliphatic heterocycles. The molecular weight excluding hydrogens is 478 g/mol. The lowest BCUT2D eigenvalue weighted by Crippen LogP contribution is -2.11. The fourth-order valence-electron chi connectivity index (χ4n) is 2.86. The number of benzene rings is 2. The Morgan fingerprint density at radius 3 is 2.72 bits per heavy atom. The molecule has 2 aromatic carbocycles. The number of hydrogen-bond donors (Lipinski definition) is 1. The maximum atomic E-state index is 11.6. The second-order valence-corrected chi connectivity index (χ2v) is 9.46. The Kier molecular flexibility index (Phi) is 5.47. The minimum Gasteiger partial charge on any atom is -0.420 e. The average Bonchev–Trinajstić information content (AvgIpc) is 3.29. The topological polar surface area (TPSA) is 117 Å². The predicted octanol–water partition coefficient (Wildman–Crippen LogP) is 3.81. The fourth-order valence-corrected chi connectivity index (χ4v) is 4.77. The number of imidazole rings is 1. The highest BCUT2D eigenvalue weighted by molar-refractivity contribution is 9.10. The van der Waals surface area contributed by atoms with Crippen LogP contribution < -0.4 is 5.14 Å². The lowest BCUT2D eigenvalue weighted by atomic mass is 10.2. The van der Waals surface area contributed by atoms with Gasteiger partial charge in [0.25, 0.3) is 0 Å². The molecule has 0 aliphatic carbocycles. The molecular formula is C18H16BrN5O3S2. The van der Waals surface area contributed by atoms with E-state index in [0.29, 0.717) is 29.6 Å². The summed E-state index contributed by atoms with van der Waals surface area (Å²) in [6.45, 7) is 2.68. The molecule has 0 bridgehead atoms. The van der Waals surface area contributed by atoms with Gasteiger partial charge in [0.05, 0.1) is 27.2 Å². The molecule has 2 heterocycles. The van der Waals surface area contributed by atoms with Crippen LogP contribution in [0.5, 0.6) is 0 Å². The molecule has 11 heteroatoms. The van der Waals surface area contributed by atoms with Crippen LogP contribution in [-0.2, 0) is 22.3 Å². The summed E-state index contributed by atoms with van der Waals surface area (Å²) < 4.78 is 31.8. The van der Waals surface area contributed by atoms with E-state index in [-0.39, 0.29) is 4.90 Å². The number of thioether (sulfide) groups is 1. The summed E-state index contributed by atoms with van der Waals surface area (Å²) in [4.78, 5) is 4.60. The molecule has 4 aromatic rings. The number of halogens is 1. The number of nitrogens with zero attached hydrogens (tertiary/aromatic N) is 4. The average molecular weight is 494 g/mol. The van der Waals surface area contributed by atoms with Gasteiger partial charge >= 0.3 is 0 Å². The maximum Gasteiger partial charge on any atom is 0.248 e. The molecule has 0 spiro atoms. The molecule has 0 unspecified atom stereocenters. The van der Waals surface area contributed by atoms with Crippen LogP contribution in [0.25, 0.3) is 22.5 Å². The summed E-state index contributed by atoms with van der Waals surface area (Å²) in [6, 6.07) is 12.3. The molecule has 0 saturated heterocycles. The van der Waals surface area contributed by atoms with Gasteiger partial charge in [0, 0.05) is 11.0 Å². The van der Waals surface area contributed by atoms with E-state index in [1.807, 2.05) is 35.8 Å². The van der Waals surface area contributed by atoms with E-state index >= 15 is 0 Å². The van der Waals surface area contributed by atoms with Crippen LogP contribution in [0.2, 0.25) is 0 Å². The second-order valence-electron chi connectivity index (χ2n) is 6.10. The normalized spacial score (nSPS) is 12.0. The Morgan fingerprint density at radius 2 is 2.00 bits per heavy atom. The number of aromatic nitrogens is 4. The van der Waals surface area contributed by atoms with E-state index < -0.39 is 10.0 Å². The van der Waals surface area contributed by atoms with Gasteiger partial charge in [-0.15, -0.1) is 10.2 Å². The van der Waals surface area contributed by atoms with E-state index in [9.17, 15) is 8.42 Å². The first-order chi connectivity index (χ1) is 13.9. The first-order valence-electron chi connectivity index (χ1n) is 8.60. The lowest BCUT2D eigenvalue weighted by molar-refractivity contribution is 0.528. The van der Waals surface area contributed by atoms with Crippen molar-refractivity contribution in [3.8, 4) is 11.5 Å². The smallest absolute Gasteiger partial charge is 0.248 e. The highest BCUT2D eigenvalue weighted by Crippen LogP contribution is 2.30. The van der Waals surface area contributed by atoms with E-state index in [4.69, 9.17) is 9.56 Å². The molecule has 0 fully saturated rings. The van der Waals surface area contributed by atoms with Crippen molar-refractivity contribution in [3.05, 3.63) is 52.8 Å². The molecule has 0 saturated carbocycles. The molecule has 2 N–H and O–H groups in total. The monoisotopic (exact) mass is 493 g/mol. The minimum atomic E-state index is -3.78. The van der Waals surface area contributed by atoms with Crippen molar-refractivity contribution < 1.29 is 12.8 Å². The van der Waals surface area contributed by atoms with Gasteiger partial charge in [0.2, 0.25) is 21.8 Å². The lowest BCUT2D eigenvalue weighted by Gasteiger charge is -2.04. The number of aryl methyl sites for hydroxylation is 1. The van der Waals surface area contributed by atoms with Crippen molar-refractivity contribution in [1.82, 2.24) is 19.7 Å². The highest BCUT2D eigenvalue weighted by atomic mass is 79.9. The number of primary sulfonamides is 1. The molecule has 2 aromatic heterocycles. The third-order valence-electron chi connectivity index (χ3n) is 4.23. The molecule has 150 valence electrons. The first-order valence-corrected chi connectivity index (χ1v) is 11.9. The predicted molar refractivity (Wildman–Crippen MR) is 114 cm³/mol. The third kappa shape index (κ3) is 4.08. The SMILES string of the molecule is CCn1c(SCc2nnc(-c3ccccc3Br)o2)nc2cc(S(N)(=O)=O)ccc21. The van der Waals surface area contributed by atoms with E-state index in [0.717, 1.165) is 20.7 Å². The Hall–Kier alpha value is -2.21. The zero-order valence-corrected chi connectivity index (χ0v) is 18.5. The standard InChI is InChI=1S/C18H16BrN5O3S2/c1-2-24-15-8-7-11(29(20,25)26)9-14(15)21-18(24)28-10-16-22-23-17(27-16)12-5-3-4-6-13(12)19/h3-9H,2,10H2,1H3,(H2,20,25,26). The van der Waals surface area contributed by atoms with E-state index in [2.05, 4.69) is 31.1 Å². The molecule has 0 radical (unpaired) electrons. The Balaban J connectivity index is 1.59. The van der Waals surface area contributed by atoms with Crippen LogP contribution in [0, 0.1) is 0 Å². The Labute approximate surface area is 179 Å². The van der Waals surface area contributed by atoms with Gasteiger partial charge < -0.3 is 8.98 Å². The van der Waals surface area contributed by atoms with Crippen LogP contribution >= 0.6 is 27.7 Å². The van der Waals surface area contributed by atoms with Crippen LogP contribution in [-0.4, -0.2) is 28.2 Å². The van der Waals surface area contributed by atoms with Gasteiger partial charge in [-0.3, -0.25) is 0 Å². The molecule has 0 amide bonds.